The SMILES string of the molecule is COc1ccc(N(C)C(=O)C(N)=Cc2ccccc2)cc1. The van der Waals surface area contributed by atoms with E-state index in [9.17, 15) is 4.79 Å². The molecule has 0 aromatic heterocycles. The van der Waals surface area contributed by atoms with Crippen LogP contribution in [0, 0.1) is 0 Å². The van der Waals surface area contributed by atoms with Crippen molar-refractivity contribution in [3.63, 3.8) is 0 Å². The maximum absolute atomic E-state index is 12.3. The molecule has 1 amide bonds. The second-order valence-electron chi connectivity index (χ2n) is 4.57. The number of hydrogen-bond donors (Lipinski definition) is 1. The third-order valence-electron chi connectivity index (χ3n) is 3.13. The molecule has 0 atom stereocenters. The molecule has 108 valence electrons. The highest BCUT2D eigenvalue weighted by Gasteiger charge is 2.13. The number of anilines is 1. The first kappa shape index (κ1) is 14.7. The Morgan fingerprint density at radius 2 is 1.71 bits per heavy atom. The first-order valence-electron chi connectivity index (χ1n) is 6.56. The van der Waals surface area contributed by atoms with Crippen LogP contribution in [-0.2, 0) is 4.79 Å². The van der Waals surface area contributed by atoms with Gasteiger partial charge < -0.3 is 15.4 Å². The van der Waals surface area contributed by atoms with Gasteiger partial charge in [-0.1, -0.05) is 30.3 Å². The molecule has 0 saturated carbocycles. The lowest BCUT2D eigenvalue weighted by atomic mass is 10.2. The minimum atomic E-state index is -0.246. The zero-order valence-electron chi connectivity index (χ0n) is 12.1. The molecular formula is C17H18N2O2. The van der Waals surface area contributed by atoms with Crippen LogP contribution in [0.25, 0.3) is 6.08 Å². The summed E-state index contributed by atoms with van der Waals surface area (Å²) in [4.78, 5) is 13.8. The maximum atomic E-state index is 12.3. The van der Waals surface area contributed by atoms with Gasteiger partial charge in [0, 0.05) is 12.7 Å². The van der Waals surface area contributed by atoms with Crippen molar-refractivity contribution >= 4 is 17.7 Å². The normalized spacial score (nSPS) is 11.0. The van der Waals surface area contributed by atoms with Gasteiger partial charge >= 0.3 is 0 Å². The lowest BCUT2D eigenvalue weighted by molar-refractivity contribution is -0.114. The molecule has 2 aromatic carbocycles. The zero-order chi connectivity index (χ0) is 15.2. The lowest BCUT2D eigenvalue weighted by Crippen LogP contribution is -2.30. The molecule has 0 aliphatic carbocycles. The van der Waals surface area contributed by atoms with Crippen LogP contribution in [0.2, 0.25) is 0 Å². The largest absolute Gasteiger partial charge is 0.497 e. The quantitative estimate of drug-likeness (QED) is 0.877. The highest BCUT2D eigenvalue weighted by molar-refractivity contribution is 6.07. The Labute approximate surface area is 124 Å². The fraction of sp³-hybridized carbons (Fsp3) is 0.118. The molecule has 0 aliphatic heterocycles. The summed E-state index contributed by atoms with van der Waals surface area (Å²) >= 11 is 0. The van der Waals surface area contributed by atoms with E-state index >= 15 is 0 Å². The summed E-state index contributed by atoms with van der Waals surface area (Å²) in [6.45, 7) is 0. The van der Waals surface area contributed by atoms with Crippen molar-refractivity contribution < 1.29 is 9.53 Å². The summed E-state index contributed by atoms with van der Waals surface area (Å²) < 4.78 is 5.10. The monoisotopic (exact) mass is 282 g/mol. The fourth-order valence-corrected chi connectivity index (χ4v) is 1.91. The second-order valence-corrected chi connectivity index (χ2v) is 4.57. The summed E-state index contributed by atoms with van der Waals surface area (Å²) in [7, 11) is 3.29. The topological polar surface area (TPSA) is 55.6 Å². The van der Waals surface area contributed by atoms with Gasteiger partial charge in [-0.3, -0.25) is 4.79 Å². The smallest absolute Gasteiger partial charge is 0.273 e. The average Bonchev–Trinajstić information content (AvgIpc) is 2.54. The third-order valence-corrected chi connectivity index (χ3v) is 3.13. The number of nitrogens with zero attached hydrogens (tertiary/aromatic N) is 1. The molecule has 0 heterocycles. The zero-order valence-corrected chi connectivity index (χ0v) is 12.1. The predicted octanol–water partition coefficient (Wildman–Crippen LogP) is 2.66. The number of methoxy groups -OCH3 is 1. The van der Waals surface area contributed by atoms with Crippen LogP contribution < -0.4 is 15.4 Å². The first-order chi connectivity index (χ1) is 10.1. The molecule has 0 unspecified atom stereocenters. The molecule has 0 aliphatic rings. The third kappa shape index (κ3) is 3.63. The molecular weight excluding hydrogens is 264 g/mol. The number of hydrogen-bond acceptors (Lipinski definition) is 3. The molecule has 0 radical (unpaired) electrons. The number of carbonyl (C=O) groups excluding carboxylic acids is 1. The summed E-state index contributed by atoms with van der Waals surface area (Å²) in [5.74, 6) is 0.497. The minimum Gasteiger partial charge on any atom is -0.497 e. The minimum absolute atomic E-state index is 0.194. The van der Waals surface area contributed by atoms with Crippen LogP contribution in [-0.4, -0.2) is 20.1 Å². The number of nitrogens with two attached hydrogens (primary N) is 1. The van der Waals surface area contributed by atoms with E-state index < -0.39 is 0 Å². The van der Waals surface area contributed by atoms with Gasteiger partial charge in [-0.15, -0.1) is 0 Å². The van der Waals surface area contributed by atoms with Gasteiger partial charge in [0.25, 0.3) is 5.91 Å². The molecule has 0 bridgehead atoms. The van der Waals surface area contributed by atoms with Crippen molar-refractivity contribution in [3.05, 3.63) is 65.9 Å². The Morgan fingerprint density at radius 3 is 2.29 bits per heavy atom. The van der Waals surface area contributed by atoms with Gasteiger partial charge in [0.2, 0.25) is 0 Å². The molecule has 21 heavy (non-hydrogen) atoms. The number of benzene rings is 2. The van der Waals surface area contributed by atoms with Crippen LogP contribution in [0.4, 0.5) is 5.69 Å². The lowest BCUT2D eigenvalue weighted by Gasteiger charge is -2.17. The standard InChI is InChI=1S/C17H18N2O2/c1-19(14-8-10-15(21-2)11-9-14)17(20)16(18)12-13-6-4-3-5-7-13/h3-12H,18H2,1-2H3. The Balaban J connectivity index is 2.16. The molecule has 2 N–H and O–H groups in total. The molecule has 0 spiro atoms. The van der Waals surface area contributed by atoms with E-state index in [1.54, 1.807) is 32.4 Å². The van der Waals surface area contributed by atoms with Crippen molar-refractivity contribution in [2.75, 3.05) is 19.1 Å². The Kier molecular flexibility index (Phi) is 4.61. The van der Waals surface area contributed by atoms with E-state index in [-0.39, 0.29) is 11.6 Å². The van der Waals surface area contributed by atoms with Gasteiger partial charge in [0.1, 0.15) is 5.75 Å². The Bertz CT molecular complexity index is 634. The molecule has 2 rings (SSSR count). The van der Waals surface area contributed by atoms with E-state index in [4.69, 9.17) is 10.5 Å². The molecule has 0 fully saturated rings. The van der Waals surface area contributed by atoms with Gasteiger partial charge in [0.15, 0.2) is 0 Å². The van der Waals surface area contributed by atoms with Crippen molar-refractivity contribution in [1.29, 1.82) is 0 Å². The Hall–Kier alpha value is -2.75. The molecule has 4 nitrogen and oxygen atoms in total. The number of rotatable bonds is 4. The van der Waals surface area contributed by atoms with Crippen molar-refractivity contribution in [2.45, 2.75) is 0 Å². The number of amides is 1. The van der Waals surface area contributed by atoms with Crippen molar-refractivity contribution in [2.24, 2.45) is 5.73 Å². The highest BCUT2D eigenvalue weighted by Crippen LogP contribution is 2.19. The van der Waals surface area contributed by atoms with E-state index in [0.29, 0.717) is 0 Å². The summed E-state index contributed by atoms with van der Waals surface area (Å²) in [5, 5.41) is 0. The number of ether oxygens (including phenoxy) is 1. The van der Waals surface area contributed by atoms with Gasteiger partial charge in [0.05, 0.1) is 12.8 Å². The fourth-order valence-electron chi connectivity index (χ4n) is 1.91. The van der Waals surface area contributed by atoms with E-state index in [2.05, 4.69) is 0 Å². The van der Waals surface area contributed by atoms with Gasteiger partial charge in [-0.05, 0) is 35.9 Å². The van der Waals surface area contributed by atoms with Crippen LogP contribution in [0.15, 0.2) is 60.3 Å². The summed E-state index contributed by atoms with van der Waals surface area (Å²) in [6.07, 6.45) is 1.67. The maximum Gasteiger partial charge on any atom is 0.273 e. The molecule has 2 aromatic rings. The van der Waals surface area contributed by atoms with Crippen LogP contribution in [0.5, 0.6) is 5.75 Å². The summed E-state index contributed by atoms with van der Waals surface area (Å²) in [6, 6.07) is 16.7. The van der Waals surface area contributed by atoms with Crippen LogP contribution in [0.3, 0.4) is 0 Å². The average molecular weight is 282 g/mol. The van der Waals surface area contributed by atoms with E-state index in [1.807, 2.05) is 42.5 Å². The first-order valence-corrected chi connectivity index (χ1v) is 6.56. The van der Waals surface area contributed by atoms with Crippen molar-refractivity contribution in [1.82, 2.24) is 0 Å². The highest BCUT2D eigenvalue weighted by atomic mass is 16.5. The van der Waals surface area contributed by atoms with Gasteiger partial charge in [-0.2, -0.15) is 0 Å². The van der Waals surface area contributed by atoms with Crippen LogP contribution in [0.1, 0.15) is 5.56 Å². The number of likely N-dealkylation sites (N-methyl/N-ethyl adjacent to an activating group) is 1. The van der Waals surface area contributed by atoms with E-state index in [0.717, 1.165) is 17.0 Å². The number of carbonyl (C=O) groups is 1. The molecule has 4 heteroatoms. The molecule has 0 saturated heterocycles. The van der Waals surface area contributed by atoms with Gasteiger partial charge in [-0.25, -0.2) is 0 Å². The predicted molar refractivity (Wildman–Crippen MR) is 85.0 cm³/mol. The summed E-state index contributed by atoms with van der Waals surface area (Å²) in [5.41, 5.74) is 7.73. The van der Waals surface area contributed by atoms with Crippen LogP contribution >= 0.6 is 0 Å². The Morgan fingerprint density at radius 1 is 1.10 bits per heavy atom. The van der Waals surface area contributed by atoms with E-state index in [1.165, 1.54) is 4.90 Å². The second kappa shape index (κ2) is 6.61. The van der Waals surface area contributed by atoms with Crippen molar-refractivity contribution in [3.8, 4) is 5.75 Å².